The van der Waals surface area contributed by atoms with E-state index in [1.54, 1.807) is 11.1 Å². The maximum Gasteiger partial charge on any atom is -0.0135 e. The predicted molar refractivity (Wildman–Crippen MR) is 101 cm³/mol. The first-order valence-corrected chi connectivity index (χ1v) is 9.58. The maximum absolute atomic E-state index is 2.58. The third-order valence-corrected chi connectivity index (χ3v) is 4.98. The van der Waals surface area contributed by atoms with Crippen LogP contribution in [-0.4, -0.2) is 0 Å². The number of hydrogen-bond acceptors (Lipinski definition) is 0. The van der Waals surface area contributed by atoms with Crippen molar-refractivity contribution < 1.29 is 0 Å². The van der Waals surface area contributed by atoms with Gasteiger partial charge in [0.25, 0.3) is 0 Å². The standard InChI is InChI=1S/C22H40/c1-8-9-10-11-12-13-14-18-15-19(21(2,3)4)17-20(16-18)22(5,6)7/h15,17-18H,8-14,16H2,1-7H3. The second kappa shape index (κ2) is 8.37. The van der Waals surface area contributed by atoms with E-state index in [0.29, 0.717) is 5.41 Å². The summed E-state index contributed by atoms with van der Waals surface area (Å²) in [6, 6.07) is 0. The highest BCUT2D eigenvalue weighted by Crippen LogP contribution is 2.41. The largest absolute Gasteiger partial charge is 0.0773 e. The highest BCUT2D eigenvalue weighted by molar-refractivity contribution is 5.35. The zero-order chi connectivity index (χ0) is 16.8. The molecule has 0 amide bonds. The molecule has 0 radical (unpaired) electrons. The molecule has 1 unspecified atom stereocenters. The normalized spacial score (nSPS) is 19.9. The summed E-state index contributed by atoms with van der Waals surface area (Å²) >= 11 is 0. The highest BCUT2D eigenvalue weighted by atomic mass is 14.3. The Bertz CT molecular complexity index is 381. The van der Waals surface area contributed by atoms with Crippen LogP contribution in [0.3, 0.4) is 0 Å². The minimum Gasteiger partial charge on any atom is -0.0773 e. The van der Waals surface area contributed by atoms with E-state index in [1.807, 2.05) is 0 Å². The molecule has 0 aromatic heterocycles. The lowest BCUT2D eigenvalue weighted by molar-refractivity contribution is 0.415. The van der Waals surface area contributed by atoms with Crippen molar-refractivity contribution in [3.63, 3.8) is 0 Å². The SMILES string of the molecule is CCCCCCCCC1C=C(C(C)(C)C)C=C(C(C)(C)C)C1. The fraction of sp³-hybridized carbons (Fsp3) is 0.818. The average Bonchev–Trinajstić information content (AvgIpc) is 2.40. The van der Waals surface area contributed by atoms with Gasteiger partial charge in [-0.2, -0.15) is 0 Å². The van der Waals surface area contributed by atoms with Crippen molar-refractivity contribution in [2.24, 2.45) is 16.7 Å². The zero-order valence-electron chi connectivity index (χ0n) is 16.4. The van der Waals surface area contributed by atoms with Crippen molar-refractivity contribution in [1.29, 1.82) is 0 Å². The predicted octanol–water partition coefficient (Wildman–Crippen LogP) is 7.70. The lowest BCUT2D eigenvalue weighted by atomic mass is 9.71. The van der Waals surface area contributed by atoms with Crippen LogP contribution in [0, 0.1) is 16.7 Å². The molecule has 0 heterocycles. The van der Waals surface area contributed by atoms with Gasteiger partial charge in [-0.3, -0.25) is 0 Å². The fourth-order valence-corrected chi connectivity index (χ4v) is 3.25. The van der Waals surface area contributed by atoms with Gasteiger partial charge < -0.3 is 0 Å². The first-order valence-electron chi connectivity index (χ1n) is 9.58. The van der Waals surface area contributed by atoms with Crippen molar-refractivity contribution >= 4 is 0 Å². The van der Waals surface area contributed by atoms with Crippen molar-refractivity contribution in [1.82, 2.24) is 0 Å². The second-order valence-electron chi connectivity index (χ2n) is 9.31. The van der Waals surface area contributed by atoms with Gasteiger partial charge in [0.15, 0.2) is 0 Å². The maximum atomic E-state index is 2.58. The summed E-state index contributed by atoms with van der Waals surface area (Å²) in [6.45, 7) is 16.4. The molecule has 22 heavy (non-hydrogen) atoms. The third kappa shape index (κ3) is 6.71. The minimum atomic E-state index is 0.274. The molecule has 0 fully saturated rings. The van der Waals surface area contributed by atoms with Crippen molar-refractivity contribution in [2.45, 2.75) is 99.8 Å². The van der Waals surface area contributed by atoms with E-state index >= 15 is 0 Å². The van der Waals surface area contributed by atoms with Crippen molar-refractivity contribution in [3.05, 3.63) is 23.3 Å². The molecule has 0 bridgehead atoms. The van der Waals surface area contributed by atoms with Gasteiger partial charge in [0.2, 0.25) is 0 Å². The van der Waals surface area contributed by atoms with Crippen molar-refractivity contribution in [2.75, 3.05) is 0 Å². The van der Waals surface area contributed by atoms with Crippen LogP contribution in [0.15, 0.2) is 23.3 Å². The summed E-state index contributed by atoms with van der Waals surface area (Å²) in [4.78, 5) is 0. The molecule has 1 atom stereocenters. The summed E-state index contributed by atoms with van der Waals surface area (Å²) in [5.41, 5.74) is 3.79. The number of unbranched alkanes of at least 4 members (excludes halogenated alkanes) is 5. The Labute approximate surface area is 140 Å². The molecule has 0 N–H and O–H groups in total. The monoisotopic (exact) mass is 304 g/mol. The molecule has 0 saturated heterocycles. The topological polar surface area (TPSA) is 0 Å². The summed E-state index contributed by atoms with van der Waals surface area (Å²) in [5.74, 6) is 0.764. The molecule has 128 valence electrons. The van der Waals surface area contributed by atoms with Gasteiger partial charge in [0, 0.05) is 0 Å². The number of rotatable bonds is 7. The molecule has 0 aromatic carbocycles. The van der Waals surface area contributed by atoms with Crippen LogP contribution in [0.4, 0.5) is 0 Å². The Morgan fingerprint density at radius 1 is 0.864 bits per heavy atom. The molecule has 0 saturated carbocycles. The second-order valence-corrected chi connectivity index (χ2v) is 9.31. The number of allylic oxidation sites excluding steroid dienone is 4. The third-order valence-electron chi connectivity index (χ3n) is 4.98. The van der Waals surface area contributed by atoms with Crippen LogP contribution in [0.25, 0.3) is 0 Å². The van der Waals surface area contributed by atoms with Gasteiger partial charge in [0.1, 0.15) is 0 Å². The fourth-order valence-electron chi connectivity index (χ4n) is 3.25. The highest BCUT2D eigenvalue weighted by Gasteiger charge is 2.27. The molecule has 0 aromatic rings. The summed E-state index contributed by atoms with van der Waals surface area (Å²) < 4.78 is 0. The molecule has 0 aliphatic heterocycles. The zero-order valence-corrected chi connectivity index (χ0v) is 16.4. The van der Waals surface area contributed by atoms with Gasteiger partial charge in [-0.1, -0.05) is 105 Å². The molecular weight excluding hydrogens is 264 g/mol. The Morgan fingerprint density at radius 2 is 1.45 bits per heavy atom. The van der Waals surface area contributed by atoms with Gasteiger partial charge >= 0.3 is 0 Å². The average molecular weight is 305 g/mol. The molecule has 1 rings (SSSR count). The first kappa shape index (κ1) is 19.5. The summed E-state index contributed by atoms with van der Waals surface area (Å²) in [7, 11) is 0. The molecule has 0 nitrogen and oxygen atoms in total. The quantitative estimate of drug-likeness (QED) is 0.423. The molecule has 1 aliphatic rings. The van der Waals surface area contributed by atoms with Crippen LogP contribution < -0.4 is 0 Å². The number of hydrogen-bond donors (Lipinski definition) is 0. The lowest BCUT2D eigenvalue weighted by Crippen LogP contribution is -2.20. The Hall–Kier alpha value is -0.520. The van der Waals surface area contributed by atoms with E-state index < -0.39 is 0 Å². The van der Waals surface area contributed by atoms with E-state index in [9.17, 15) is 0 Å². The van der Waals surface area contributed by atoms with E-state index in [4.69, 9.17) is 0 Å². The van der Waals surface area contributed by atoms with Crippen LogP contribution >= 0.6 is 0 Å². The van der Waals surface area contributed by atoms with Crippen LogP contribution in [0.5, 0.6) is 0 Å². The Balaban J connectivity index is 2.61. The van der Waals surface area contributed by atoms with Crippen molar-refractivity contribution in [3.8, 4) is 0 Å². The Kier molecular flexibility index (Phi) is 7.42. The van der Waals surface area contributed by atoms with E-state index in [1.165, 1.54) is 51.4 Å². The first-order chi connectivity index (χ1) is 10.1. The van der Waals surface area contributed by atoms with E-state index in [-0.39, 0.29) is 5.41 Å². The van der Waals surface area contributed by atoms with Crippen LogP contribution in [-0.2, 0) is 0 Å². The van der Waals surface area contributed by atoms with Gasteiger partial charge in [-0.05, 0) is 35.2 Å². The Morgan fingerprint density at radius 3 is 2.00 bits per heavy atom. The lowest BCUT2D eigenvalue weighted by Gasteiger charge is -2.34. The molecular formula is C22H40. The van der Waals surface area contributed by atoms with Crippen LogP contribution in [0.1, 0.15) is 99.8 Å². The van der Waals surface area contributed by atoms with Crippen LogP contribution in [0.2, 0.25) is 0 Å². The summed E-state index contributed by atoms with van der Waals surface area (Å²) in [5, 5.41) is 0. The summed E-state index contributed by atoms with van der Waals surface area (Å²) in [6.07, 6.45) is 16.2. The van der Waals surface area contributed by atoms with E-state index in [2.05, 4.69) is 60.6 Å². The smallest absolute Gasteiger partial charge is 0.0135 e. The van der Waals surface area contributed by atoms with Gasteiger partial charge in [0.05, 0.1) is 0 Å². The molecule has 1 aliphatic carbocycles. The van der Waals surface area contributed by atoms with E-state index in [0.717, 1.165) is 5.92 Å². The van der Waals surface area contributed by atoms with Gasteiger partial charge in [-0.15, -0.1) is 0 Å². The molecule has 0 spiro atoms. The molecule has 0 heteroatoms. The minimum absolute atomic E-state index is 0.274. The van der Waals surface area contributed by atoms with Gasteiger partial charge in [-0.25, -0.2) is 0 Å².